The van der Waals surface area contributed by atoms with Crippen molar-refractivity contribution < 1.29 is 9.18 Å². The van der Waals surface area contributed by atoms with E-state index < -0.39 is 5.82 Å². The second-order valence-electron chi connectivity index (χ2n) is 5.09. The predicted octanol–water partition coefficient (Wildman–Crippen LogP) is 2.29. The van der Waals surface area contributed by atoms with Gasteiger partial charge in [-0.05, 0) is 30.5 Å². The standard InChI is InChI=1S/C13H16ClFN2O/c1-13(7-16)5-6-17(8-13)12(18)9-3-2-4-10(14)11(9)15/h2-4H,5-8,16H2,1H3. The molecule has 5 heteroatoms. The highest BCUT2D eigenvalue weighted by molar-refractivity contribution is 6.31. The molecular formula is C13H16ClFN2O. The molecule has 0 radical (unpaired) electrons. The Morgan fingerprint density at radius 3 is 2.94 bits per heavy atom. The average Bonchev–Trinajstić information content (AvgIpc) is 2.75. The molecule has 1 aromatic rings. The minimum Gasteiger partial charge on any atom is -0.338 e. The molecule has 1 heterocycles. The Bertz CT molecular complexity index is 480. The Kier molecular flexibility index (Phi) is 3.59. The lowest BCUT2D eigenvalue weighted by Gasteiger charge is -2.22. The molecule has 1 fully saturated rings. The van der Waals surface area contributed by atoms with E-state index in [1.54, 1.807) is 11.0 Å². The number of hydrogen-bond donors (Lipinski definition) is 1. The van der Waals surface area contributed by atoms with Gasteiger partial charge in [-0.15, -0.1) is 0 Å². The van der Waals surface area contributed by atoms with Crippen LogP contribution in [-0.2, 0) is 0 Å². The van der Waals surface area contributed by atoms with Crippen LogP contribution in [0.5, 0.6) is 0 Å². The number of hydrogen-bond acceptors (Lipinski definition) is 2. The van der Waals surface area contributed by atoms with Gasteiger partial charge in [-0.2, -0.15) is 0 Å². The van der Waals surface area contributed by atoms with E-state index in [4.69, 9.17) is 17.3 Å². The fraction of sp³-hybridized carbons (Fsp3) is 0.462. The van der Waals surface area contributed by atoms with Gasteiger partial charge in [-0.1, -0.05) is 24.6 Å². The van der Waals surface area contributed by atoms with Crippen molar-refractivity contribution in [2.45, 2.75) is 13.3 Å². The van der Waals surface area contributed by atoms with Gasteiger partial charge in [0.15, 0.2) is 5.82 Å². The molecule has 3 nitrogen and oxygen atoms in total. The van der Waals surface area contributed by atoms with Gasteiger partial charge in [0.05, 0.1) is 10.6 Å². The number of likely N-dealkylation sites (tertiary alicyclic amines) is 1. The average molecular weight is 271 g/mol. The third-order valence-electron chi connectivity index (χ3n) is 3.52. The van der Waals surface area contributed by atoms with E-state index in [2.05, 4.69) is 0 Å². The fourth-order valence-electron chi connectivity index (χ4n) is 2.20. The SMILES string of the molecule is CC1(CN)CCN(C(=O)c2cccc(Cl)c2F)C1. The van der Waals surface area contributed by atoms with Crippen molar-refractivity contribution in [3.05, 3.63) is 34.6 Å². The van der Waals surface area contributed by atoms with E-state index in [0.29, 0.717) is 19.6 Å². The molecule has 2 rings (SSSR count). The van der Waals surface area contributed by atoms with Crippen molar-refractivity contribution in [3.63, 3.8) is 0 Å². The van der Waals surface area contributed by atoms with Crippen molar-refractivity contribution in [1.82, 2.24) is 4.90 Å². The Morgan fingerprint density at radius 1 is 1.61 bits per heavy atom. The molecule has 1 aliphatic rings. The van der Waals surface area contributed by atoms with Crippen LogP contribution in [0.4, 0.5) is 4.39 Å². The Labute approximate surface area is 111 Å². The molecule has 0 aliphatic carbocycles. The van der Waals surface area contributed by atoms with E-state index in [1.807, 2.05) is 6.92 Å². The van der Waals surface area contributed by atoms with Gasteiger partial charge in [0.2, 0.25) is 0 Å². The van der Waals surface area contributed by atoms with E-state index in [1.165, 1.54) is 12.1 Å². The molecule has 0 saturated carbocycles. The van der Waals surface area contributed by atoms with Gasteiger partial charge < -0.3 is 10.6 Å². The summed E-state index contributed by atoms with van der Waals surface area (Å²) in [6.07, 6.45) is 0.845. The summed E-state index contributed by atoms with van der Waals surface area (Å²) < 4.78 is 13.8. The summed E-state index contributed by atoms with van der Waals surface area (Å²) in [4.78, 5) is 13.9. The summed E-state index contributed by atoms with van der Waals surface area (Å²) in [6, 6.07) is 4.47. The lowest BCUT2D eigenvalue weighted by Crippen LogP contribution is -2.34. The van der Waals surface area contributed by atoms with Crippen LogP contribution in [0.25, 0.3) is 0 Å². The van der Waals surface area contributed by atoms with Gasteiger partial charge >= 0.3 is 0 Å². The third kappa shape index (κ3) is 2.35. The number of amides is 1. The summed E-state index contributed by atoms with van der Waals surface area (Å²) in [7, 11) is 0. The molecule has 1 aromatic carbocycles. The number of rotatable bonds is 2. The quantitative estimate of drug-likeness (QED) is 0.896. The molecule has 0 spiro atoms. The second kappa shape index (κ2) is 4.86. The molecule has 0 bridgehead atoms. The Hall–Kier alpha value is -1.13. The maximum Gasteiger partial charge on any atom is 0.256 e. The smallest absolute Gasteiger partial charge is 0.256 e. The molecular weight excluding hydrogens is 255 g/mol. The van der Waals surface area contributed by atoms with Gasteiger partial charge in [0.25, 0.3) is 5.91 Å². The minimum absolute atomic E-state index is 0.0263. The first kappa shape index (κ1) is 13.3. The van der Waals surface area contributed by atoms with Gasteiger partial charge in [-0.25, -0.2) is 4.39 Å². The minimum atomic E-state index is -0.648. The molecule has 1 atom stereocenters. The zero-order chi connectivity index (χ0) is 13.3. The first-order valence-electron chi connectivity index (χ1n) is 5.90. The van der Waals surface area contributed by atoms with E-state index >= 15 is 0 Å². The van der Waals surface area contributed by atoms with E-state index in [0.717, 1.165) is 6.42 Å². The van der Waals surface area contributed by atoms with Crippen LogP contribution in [-0.4, -0.2) is 30.4 Å². The molecule has 18 heavy (non-hydrogen) atoms. The largest absolute Gasteiger partial charge is 0.338 e. The maximum absolute atomic E-state index is 13.8. The van der Waals surface area contributed by atoms with Gasteiger partial charge in [0, 0.05) is 13.1 Å². The summed E-state index contributed by atoms with van der Waals surface area (Å²) in [5, 5.41) is -0.0263. The number of nitrogens with zero attached hydrogens (tertiary/aromatic N) is 1. The van der Waals surface area contributed by atoms with Crippen LogP contribution in [0.3, 0.4) is 0 Å². The first-order chi connectivity index (χ1) is 8.47. The zero-order valence-electron chi connectivity index (χ0n) is 10.2. The van der Waals surface area contributed by atoms with Gasteiger partial charge in [0.1, 0.15) is 0 Å². The molecule has 2 N–H and O–H groups in total. The number of halogens is 2. The predicted molar refractivity (Wildman–Crippen MR) is 69.1 cm³/mol. The van der Waals surface area contributed by atoms with Crippen LogP contribution in [0.2, 0.25) is 5.02 Å². The lowest BCUT2D eigenvalue weighted by atomic mass is 9.90. The topological polar surface area (TPSA) is 46.3 Å². The molecule has 98 valence electrons. The molecule has 1 amide bonds. The number of carbonyl (C=O) groups excluding carboxylic acids is 1. The number of nitrogens with two attached hydrogens (primary N) is 1. The van der Waals surface area contributed by atoms with Crippen LogP contribution in [0, 0.1) is 11.2 Å². The van der Waals surface area contributed by atoms with Crippen LogP contribution in [0.1, 0.15) is 23.7 Å². The summed E-state index contributed by atoms with van der Waals surface area (Å²) in [5.41, 5.74) is 5.66. The maximum atomic E-state index is 13.8. The summed E-state index contributed by atoms with van der Waals surface area (Å²) in [5.74, 6) is -0.960. The zero-order valence-corrected chi connectivity index (χ0v) is 11.0. The molecule has 1 saturated heterocycles. The van der Waals surface area contributed by atoms with E-state index in [9.17, 15) is 9.18 Å². The van der Waals surface area contributed by atoms with E-state index in [-0.39, 0.29) is 21.9 Å². The highest BCUT2D eigenvalue weighted by Crippen LogP contribution is 2.30. The highest BCUT2D eigenvalue weighted by atomic mass is 35.5. The van der Waals surface area contributed by atoms with Crippen LogP contribution < -0.4 is 5.73 Å². The first-order valence-corrected chi connectivity index (χ1v) is 6.28. The lowest BCUT2D eigenvalue weighted by molar-refractivity contribution is 0.0772. The highest BCUT2D eigenvalue weighted by Gasteiger charge is 2.35. The summed E-state index contributed by atoms with van der Waals surface area (Å²) in [6.45, 7) is 3.73. The second-order valence-corrected chi connectivity index (χ2v) is 5.50. The fourth-order valence-corrected chi connectivity index (χ4v) is 2.38. The Balaban J connectivity index is 2.21. The Morgan fingerprint density at radius 2 is 2.33 bits per heavy atom. The van der Waals surface area contributed by atoms with Crippen LogP contribution >= 0.6 is 11.6 Å². The normalized spacial score (nSPS) is 23.4. The molecule has 1 unspecified atom stereocenters. The van der Waals surface area contributed by atoms with Crippen molar-refractivity contribution in [3.8, 4) is 0 Å². The van der Waals surface area contributed by atoms with Gasteiger partial charge in [-0.3, -0.25) is 4.79 Å². The molecule has 1 aliphatic heterocycles. The number of carbonyl (C=O) groups is 1. The van der Waals surface area contributed by atoms with Crippen LogP contribution in [0.15, 0.2) is 18.2 Å². The van der Waals surface area contributed by atoms with Crippen molar-refractivity contribution in [2.24, 2.45) is 11.1 Å². The van der Waals surface area contributed by atoms with Crippen molar-refractivity contribution in [1.29, 1.82) is 0 Å². The third-order valence-corrected chi connectivity index (χ3v) is 3.81. The van der Waals surface area contributed by atoms with Crippen molar-refractivity contribution in [2.75, 3.05) is 19.6 Å². The number of benzene rings is 1. The summed E-state index contributed by atoms with van der Waals surface area (Å²) >= 11 is 5.68. The van der Waals surface area contributed by atoms with Crippen molar-refractivity contribution >= 4 is 17.5 Å². The molecule has 0 aromatic heterocycles. The monoisotopic (exact) mass is 270 g/mol.